The summed E-state index contributed by atoms with van der Waals surface area (Å²) in [5, 5.41) is 0.430. The average Bonchev–Trinajstić information content (AvgIpc) is 2.79. The number of hydrogen-bond acceptors (Lipinski definition) is 5. The maximum absolute atomic E-state index is 12.5. The largest absolute Gasteiger partial charge is 0.340 e. The topological polar surface area (TPSA) is 40.6 Å². The quantitative estimate of drug-likeness (QED) is 0.769. The maximum Gasteiger partial charge on any atom is 0.242 e. The van der Waals surface area contributed by atoms with E-state index in [0.717, 1.165) is 25.3 Å². The van der Waals surface area contributed by atoms with Crippen LogP contribution in [0.1, 0.15) is 17.2 Å². The molecule has 23 heavy (non-hydrogen) atoms. The summed E-state index contributed by atoms with van der Waals surface area (Å²) in [5.74, 6) is 1.22. The van der Waals surface area contributed by atoms with E-state index in [1.54, 1.807) is 0 Å². The van der Waals surface area contributed by atoms with E-state index in [2.05, 4.69) is 24.3 Å². The predicted octanol–water partition coefficient (Wildman–Crippen LogP) is 2.55. The van der Waals surface area contributed by atoms with Crippen LogP contribution in [0.25, 0.3) is 0 Å². The van der Waals surface area contributed by atoms with E-state index in [-0.39, 0.29) is 18.4 Å². The molecule has 0 aromatic heterocycles. The molecule has 0 spiro atoms. The van der Waals surface area contributed by atoms with Crippen LogP contribution in [0, 0.1) is 0 Å². The summed E-state index contributed by atoms with van der Waals surface area (Å²) in [7, 11) is 0. The van der Waals surface area contributed by atoms with E-state index in [1.165, 1.54) is 22.2 Å². The molecule has 7 heteroatoms. The Hall–Kier alpha value is -1.05. The van der Waals surface area contributed by atoms with Crippen molar-refractivity contribution in [3.63, 3.8) is 0 Å². The van der Waals surface area contributed by atoms with Crippen LogP contribution in [0.5, 0.6) is 0 Å². The van der Waals surface area contributed by atoms with E-state index >= 15 is 0 Å². The number of hydrogen-bond donors (Lipinski definition) is 0. The molecule has 2 saturated heterocycles. The molecule has 2 aliphatic rings. The standard InChI is InChI=1S/C16H18N2O2S3/c19-14(10-18-15(20)11-23-16(18)21)17-7-6-13(22-9-8-17)12-4-2-1-3-5-12/h1-5,13H,6-11H2/t13-/m1/s1. The lowest BCUT2D eigenvalue weighted by Crippen LogP contribution is -2.43. The number of thioether (sulfide) groups is 2. The van der Waals surface area contributed by atoms with Crippen molar-refractivity contribution in [1.29, 1.82) is 0 Å². The molecule has 2 heterocycles. The molecule has 3 rings (SSSR count). The monoisotopic (exact) mass is 366 g/mol. The van der Waals surface area contributed by atoms with Gasteiger partial charge in [0.05, 0.1) is 5.75 Å². The van der Waals surface area contributed by atoms with Gasteiger partial charge in [0, 0.05) is 24.1 Å². The van der Waals surface area contributed by atoms with E-state index in [9.17, 15) is 9.59 Å². The fraction of sp³-hybridized carbons (Fsp3) is 0.438. The van der Waals surface area contributed by atoms with Crippen LogP contribution >= 0.6 is 35.7 Å². The van der Waals surface area contributed by atoms with Gasteiger partial charge in [-0.15, -0.1) is 0 Å². The van der Waals surface area contributed by atoms with Crippen molar-refractivity contribution in [2.45, 2.75) is 11.7 Å². The number of benzene rings is 1. The summed E-state index contributed by atoms with van der Waals surface area (Å²) in [4.78, 5) is 27.6. The maximum atomic E-state index is 12.5. The smallest absolute Gasteiger partial charge is 0.242 e. The lowest BCUT2D eigenvalue weighted by Gasteiger charge is -2.23. The first-order chi connectivity index (χ1) is 11.1. The van der Waals surface area contributed by atoms with Crippen LogP contribution < -0.4 is 0 Å². The Kier molecular flexibility index (Phi) is 5.61. The predicted molar refractivity (Wildman–Crippen MR) is 99.6 cm³/mol. The van der Waals surface area contributed by atoms with Gasteiger partial charge in [0.25, 0.3) is 0 Å². The van der Waals surface area contributed by atoms with E-state index in [1.807, 2.05) is 22.7 Å². The van der Waals surface area contributed by atoms with Crippen LogP contribution in [0.2, 0.25) is 0 Å². The Labute approximate surface area is 150 Å². The van der Waals surface area contributed by atoms with Crippen molar-refractivity contribution in [3.8, 4) is 0 Å². The van der Waals surface area contributed by atoms with Crippen molar-refractivity contribution >= 4 is 51.9 Å². The van der Waals surface area contributed by atoms with Crippen LogP contribution in [-0.2, 0) is 9.59 Å². The van der Waals surface area contributed by atoms with Gasteiger partial charge in [-0.05, 0) is 12.0 Å². The van der Waals surface area contributed by atoms with Gasteiger partial charge < -0.3 is 4.90 Å². The number of amides is 2. The zero-order valence-corrected chi connectivity index (χ0v) is 15.1. The molecule has 0 radical (unpaired) electrons. The minimum atomic E-state index is -0.0558. The molecule has 1 aromatic carbocycles. The van der Waals surface area contributed by atoms with Gasteiger partial charge in [0.2, 0.25) is 11.8 Å². The highest BCUT2D eigenvalue weighted by Gasteiger charge is 2.30. The first kappa shape index (κ1) is 16.8. The van der Waals surface area contributed by atoms with Gasteiger partial charge >= 0.3 is 0 Å². The van der Waals surface area contributed by atoms with Crippen molar-refractivity contribution in [2.75, 3.05) is 31.1 Å². The van der Waals surface area contributed by atoms with Crippen LogP contribution in [0.3, 0.4) is 0 Å². The number of carbonyl (C=O) groups excluding carboxylic acids is 2. The van der Waals surface area contributed by atoms with Crippen molar-refractivity contribution in [2.24, 2.45) is 0 Å². The van der Waals surface area contributed by atoms with E-state index in [4.69, 9.17) is 12.2 Å². The molecule has 4 nitrogen and oxygen atoms in total. The number of thiocarbonyl (C=S) groups is 1. The Balaban J connectivity index is 1.58. The lowest BCUT2D eigenvalue weighted by molar-refractivity contribution is -0.135. The highest BCUT2D eigenvalue weighted by atomic mass is 32.2. The van der Waals surface area contributed by atoms with Gasteiger partial charge in [-0.2, -0.15) is 11.8 Å². The molecular formula is C16H18N2O2S3. The average molecular weight is 367 g/mol. The molecule has 0 saturated carbocycles. The molecule has 1 aromatic rings. The fourth-order valence-electron chi connectivity index (χ4n) is 2.72. The first-order valence-corrected chi connectivity index (χ1v) is 10.0. The number of carbonyl (C=O) groups is 2. The summed E-state index contributed by atoms with van der Waals surface area (Å²) in [6, 6.07) is 10.4. The number of nitrogens with zero attached hydrogens (tertiary/aromatic N) is 2. The third kappa shape index (κ3) is 4.08. The second-order valence-electron chi connectivity index (χ2n) is 5.47. The van der Waals surface area contributed by atoms with Crippen LogP contribution in [0.15, 0.2) is 30.3 Å². The summed E-state index contributed by atoms with van der Waals surface area (Å²) >= 11 is 8.37. The molecule has 1 atom stereocenters. The second kappa shape index (κ2) is 7.68. The van der Waals surface area contributed by atoms with E-state index in [0.29, 0.717) is 15.3 Å². The Morgan fingerprint density at radius 2 is 2.04 bits per heavy atom. The van der Waals surface area contributed by atoms with Gasteiger partial charge in [0.15, 0.2) is 0 Å². The van der Waals surface area contributed by atoms with Gasteiger partial charge in [0.1, 0.15) is 10.9 Å². The van der Waals surface area contributed by atoms with Crippen molar-refractivity contribution in [3.05, 3.63) is 35.9 Å². The molecule has 2 fully saturated rings. The molecule has 0 aliphatic carbocycles. The zero-order valence-electron chi connectivity index (χ0n) is 12.6. The molecule has 0 bridgehead atoms. The third-order valence-electron chi connectivity index (χ3n) is 4.00. The SMILES string of the molecule is O=C(CN1C(=O)CSC1=S)N1CCS[C@@H](c2ccccc2)CC1. The summed E-state index contributed by atoms with van der Waals surface area (Å²) in [5.41, 5.74) is 1.32. The summed E-state index contributed by atoms with van der Waals surface area (Å²) in [6.45, 7) is 1.55. The molecule has 122 valence electrons. The highest BCUT2D eigenvalue weighted by molar-refractivity contribution is 8.23. The fourth-order valence-corrected chi connectivity index (χ4v) is 5.02. The van der Waals surface area contributed by atoms with Gasteiger partial charge in [-0.1, -0.05) is 54.3 Å². The van der Waals surface area contributed by atoms with Crippen LogP contribution in [0.4, 0.5) is 0 Å². The zero-order chi connectivity index (χ0) is 16.2. The Bertz CT molecular complexity index is 593. The summed E-state index contributed by atoms with van der Waals surface area (Å²) in [6.07, 6.45) is 0.938. The second-order valence-corrected chi connectivity index (χ2v) is 8.39. The van der Waals surface area contributed by atoms with Crippen LogP contribution in [-0.4, -0.2) is 57.1 Å². The minimum Gasteiger partial charge on any atom is -0.340 e. The molecule has 2 aliphatic heterocycles. The molecule has 0 unspecified atom stereocenters. The number of rotatable bonds is 3. The Morgan fingerprint density at radius 1 is 1.26 bits per heavy atom. The first-order valence-electron chi connectivity index (χ1n) is 7.56. The van der Waals surface area contributed by atoms with Gasteiger partial charge in [-0.3, -0.25) is 14.5 Å². The van der Waals surface area contributed by atoms with Crippen molar-refractivity contribution < 1.29 is 9.59 Å². The lowest BCUT2D eigenvalue weighted by atomic mass is 10.1. The highest BCUT2D eigenvalue weighted by Crippen LogP contribution is 2.34. The molecular weight excluding hydrogens is 348 g/mol. The van der Waals surface area contributed by atoms with E-state index < -0.39 is 0 Å². The molecule has 0 N–H and O–H groups in total. The molecule has 2 amide bonds. The van der Waals surface area contributed by atoms with Gasteiger partial charge in [-0.25, -0.2) is 0 Å². The normalized spacial score (nSPS) is 22.3. The third-order valence-corrected chi connectivity index (χ3v) is 6.76. The Morgan fingerprint density at radius 3 is 2.74 bits per heavy atom. The van der Waals surface area contributed by atoms with Crippen molar-refractivity contribution in [1.82, 2.24) is 9.80 Å². The summed E-state index contributed by atoms with van der Waals surface area (Å²) < 4.78 is 0.523. The minimum absolute atomic E-state index is 0.00230.